The van der Waals surface area contributed by atoms with Crippen LogP contribution in [0.1, 0.15) is 32.6 Å². The summed E-state index contributed by atoms with van der Waals surface area (Å²) in [6.07, 6.45) is 9.43. The first-order chi connectivity index (χ1) is 6.24. The molecule has 0 aromatic heterocycles. The molecule has 0 radical (unpaired) electrons. The zero-order valence-electron chi connectivity index (χ0n) is 8.21. The Morgan fingerprint density at radius 1 is 1.62 bits per heavy atom. The van der Waals surface area contributed by atoms with Gasteiger partial charge in [-0.3, -0.25) is 0 Å². The molecule has 0 aliphatic heterocycles. The van der Waals surface area contributed by atoms with E-state index in [1.165, 1.54) is 43.0 Å². The minimum absolute atomic E-state index is 0.181. The van der Waals surface area contributed by atoms with Gasteiger partial charge < -0.3 is 4.74 Å². The Labute approximate surface area is 89.9 Å². The maximum atomic E-state index is 5.57. The van der Waals surface area contributed by atoms with Crippen molar-refractivity contribution in [2.24, 2.45) is 0 Å². The number of allylic oxidation sites excluding steroid dienone is 1. The fourth-order valence-corrected chi connectivity index (χ4v) is 1.89. The molecule has 1 rings (SSSR count). The second kappa shape index (κ2) is 5.66. The molecular formula is C10H16OS2. The van der Waals surface area contributed by atoms with Crippen molar-refractivity contribution in [2.45, 2.75) is 38.7 Å². The van der Waals surface area contributed by atoms with E-state index in [0.717, 1.165) is 0 Å². The highest BCUT2D eigenvalue weighted by molar-refractivity contribution is 8.22. The number of hydrogen-bond donors (Lipinski definition) is 0. The van der Waals surface area contributed by atoms with E-state index in [0.29, 0.717) is 4.38 Å². The first kappa shape index (κ1) is 11.1. The SMILES string of the molecule is CSC(=S)O[C@H](C)C1=CCCCC1. The van der Waals surface area contributed by atoms with Crippen LogP contribution in [0.15, 0.2) is 11.6 Å². The van der Waals surface area contributed by atoms with Crippen LogP contribution in [0, 0.1) is 0 Å². The molecule has 0 saturated carbocycles. The smallest absolute Gasteiger partial charge is 0.220 e. The third kappa shape index (κ3) is 3.69. The van der Waals surface area contributed by atoms with Crippen molar-refractivity contribution in [3.63, 3.8) is 0 Å². The van der Waals surface area contributed by atoms with Crippen LogP contribution in [0.5, 0.6) is 0 Å². The highest BCUT2D eigenvalue weighted by Crippen LogP contribution is 2.22. The predicted molar refractivity (Wildman–Crippen MR) is 63.2 cm³/mol. The van der Waals surface area contributed by atoms with E-state index in [-0.39, 0.29) is 6.10 Å². The molecule has 0 unspecified atom stereocenters. The lowest BCUT2D eigenvalue weighted by atomic mass is 9.96. The summed E-state index contributed by atoms with van der Waals surface area (Å²) >= 11 is 6.51. The van der Waals surface area contributed by atoms with Crippen molar-refractivity contribution in [2.75, 3.05) is 6.26 Å². The molecule has 0 saturated heterocycles. The normalized spacial score (nSPS) is 19.1. The third-order valence-electron chi connectivity index (χ3n) is 2.29. The molecule has 1 atom stereocenters. The molecule has 74 valence electrons. The molecule has 3 heteroatoms. The molecule has 1 aliphatic carbocycles. The largest absolute Gasteiger partial charge is 0.471 e. The van der Waals surface area contributed by atoms with E-state index < -0.39 is 0 Å². The van der Waals surface area contributed by atoms with E-state index in [4.69, 9.17) is 17.0 Å². The first-order valence-corrected chi connectivity index (χ1v) is 6.31. The van der Waals surface area contributed by atoms with Gasteiger partial charge in [0.1, 0.15) is 6.10 Å². The van der Waals surface area contributed by atoms with Crippen LogP contribution in [-0.4, -0.2) is 16.7 Å². The van der Waals surface area contributed by atoms with Crippen molar-refractivity contribution in [1.82, 2.24) is 0 Å². The van der Waals surface area contributed by atoms with Gasteiger partial charge in [0.25, 0.3) is 0 Å². The molecule has 1 nitrogen and oxygen atoms in total. The van der Waals surface area contributed by atoms with Gasteiger partial charge in [0, 0.05) is 0 Å². The maximum Gasteiger partial charge on any atom is 0.220 e. The van der Waals surface area contributed by atoms with Gasteiger partial charge in [-0.05, 0) is 56.7 Å². The fourth-order valence-electron chi connectivity index (χ4n) is 1.50. The second-order valence-electron chi connectivity index (χ2n) is 3.24. The lowest BCUT2D eigenvalue weighted by molar-refractivity contribution is 0.250. The van der Waals surface area contributed by atoms with Crippen LogP contribution >= 0.6 is 24.0 Å². The number of hydrogen-bond acceptors (Lipinski definition) is 3. The van der Waals surface area contributed by atoms with Gasteiger partial charge in [-0.2, -0.15) is 0 Å². The van der Waals surface area contributed by atoms with Gasteiger partial charge in [0.15, 0.2) is 0 Å². The molecule has 0 bridgehead atoms. The summed E-state index contributed by atoms with van der Waals surface area (Å²) in [6, 6.07) is 0. The van der Waals surface area contributed by atoms with E-state index >= 15 is 0 Å². The van der Waals surface area contributed by atoms with E-state index in [2.05, 4.69) is 13.0 Å². The van der Waals surface area contributed by atoms with Crippen LogP contribution in [0.4, 0.5) is 0 Å². The van der Waals surface area contributed by atoms with Gasteiger partial charge in [0.2, 0.25) is 4.38 Å². The van der Waals surface area contributed by atoms with Gasteiger partial charge >= 0.3 is 0 Å². The molecular weight excluding hydrogens is 200 g/mol. The zero-order valence-corrected chi connectivity index (χ0v) is 9.84. The maximum absolute atomic E-state index is 5.57. The number of rotatable bonds is 2. The second-order valence-corrected chi connectivity index (χ2v) is 4.65. The molecule has 0 fully saturated rings. The minimum atomic E-state index is 0.181. The monoisotopic (exact) mass is 216 g/mol. The van der Waals surface area contributed by atoms with E-state index in [1.807, 2.05) is 6.26 Å². The van der Waals surface area contributed by atoms with Crippen molar-refractivity contribution >= 4 is 28.4 Å². The van der Waals surface area contributed by atoms with Crippen molar-refractivity contribution in [1.29, 1.82) is 0 Å². The summed E-state index contributed by atoms with van der Waals surface area (Å²) in [7, 11) is 0. The average Bonchev–Trinajstić information content (AvgIpc) is 2.19. The molecule has 0 N–H and O–H groups in total. The molecule has 0 aromatic rings. The Morgan fingerprint density at radius 2 is 2.38 bits per heavy atom. The van der Waals surface area contributed by atoms with Crippen LogP contribution in [0.2, 0.25) is 0 Å². The lowest BCUT2D eigenvalue weighted by Gasteiger charge is -2.20. The van der Waals surface area contributed by atoms with Crippen LogP contribution in [-0.2, 0) is 4.74 Å². The van der Waals surface area contributed by atoms with Gasteiger partial charge in [0.05, 0.1) is 0 Å². The van der Waals surface area contributed by atoms with Crippen molar-refractivity contribution in [3.8, 4) is 0 Å². The molecule has 0 amide bonds. The van der Waals surface area contributed by atoms with Crippen LogP contribution in [0.3, 0.4) is 0 Å². The van der Waals surface area contributed by atoms with Crippen molar-refractivity contribution in [3.05, 3.63) is 11.6 Å². The molecule has 13 heavy (non-hydrogen) atoms. The summed E-state index contributed by atoms with van der Waals surface area (Å²) in [5.41, 5.74) is 1.42. The number of thiocarbonyl (C=S) groups is 1. The summed E-state index contributed by atoms with van der Waals surface area (Å²) in [6.45, 7) is 2.08. The standard InChI is InChI=1S/C10H16OS2/c1-8(11-10(12)13-2)9-6-4-3-5-7-9/h6,8H,3-5,7H2,1-2H3/t8-/m1/s1. The van der Waals surface area contributed by atoms with Crippen LogP contribution in [0.25, 0.3) is 0 Å². The van der Waals surface area contributed by atoms with E-state index in [1.54, 1.807) is 0 Å². The first-order valence-electron chi connectivity index (χ1n) is 4.67. The predicted octanol–water partition coefficient (Wildman–Crippen LogP) is 3.54. The highest BCUT2D eigenvalue weighted by atomic mass is 32.2. The lowest BCUT2D eigenvalue weighted by Crippen LogP contribution is -2.15. The Balaban J connectivity index is 2.41. The topological polar surface area (TPSA) is 9.23 Å². The van der Waals surface area contributed by atoms with Crippen molar-refractivity contribution < 1.29 is 4.74 Å². The van der Waals surface area contributed by atoms with Crippen LogP contribution < -0.4 is 0 Å². The van der Waals surface area contributed by atoms with E-state index in [9.17, 15) is 0 Å². The Kier molecular flexibility index (Phi) is 4.81. The summed E-state index contributed by atoms with van der Waals surface area (Å²) in [5.74, 6) is 0. The molecule has 0 heterocycles. The summed E-state index contributed by atoms with van der Waals surface area (Å²) in [4.78, 5) is 0. The highest BCUT2D eigenvalue weighted by Gasteiger charge is 2.13. The summed E-state index contributed by atoms with van der Waals surface area (Å²) in [5, 5.41) is 0. The third-order valence-corrected chi connectivity index (χ3v) is 3.31. The quantitative estimate of drug-likeness (QED) is 0.516. The minimum Gasteiger partial charge on any atom is -0.471 e. The number of ether oxygens (including phenoxy) is 1. The number of thioether (sulfide) groups is 1. The molecule has 1 aliphatic rings. The molecule has 0 aromatic carbocycles. The Hall–Kier alpha value is -0.0200. The Bertz CT molecular complexity index is 211. The Morgan fingerprint density at radius 3 is 2.92 bits per heavy atom. The molecule has 0 spiro atoms. The fraction of sp³-hybridized carbons (Fsp3) is 0.700. The average molecular weight is 216 g/mol. The van der Waals surface area contributed by atoms with Gasteiger partial charge in [-0.1, -0.05) is 17.8 Å². The van der Waals surface area contributed by atoms with Gasteiger partial charge in [-0.15, -0.1) is 0 Å². The zero-order chi connectivity index (χ0) is 9.68. The summed E-state index contributed by atoms with van der Waals surface area (Å²) < 4.78 is 6.22. The van der Waals surface area contributed by atoms with Gasteiger partial charge in [-0.25, -0.2) is 0 Å².